The third kappa shape index (κ3) is 11.4. The standard InChI is InChI=1S/C21H38N4O7S/c1-6-12(4)17(21(31)32)25-19(29)14(9-10-33-5)23-20(30)16(11(2)3)24-18(28)13(22)7-8-15(26)27/h11-14,16-17H,6-10,22H2,1-5H3,(H,23,30)(H,24,28)(H,25,29)(H,26,27)(H,31,32). The largest absolute Gasteiger partial charge is 0.481 e. The van der Waals surface area contributed by atoms with E-state index in [2.05, 4.69) is 16.0 Å². The molecule has 0 fully saturated rings. The predicted octanol–water partition coefficient (Wildman–Crippen LogP) is 0.173. The quantitative estimate of drug-likeness (QED) is 0.175. The Kier molecular flexibility index (Phi) is 14.4. The number of carboxylic acids is 2. The summed E-state index contributed by atoms with van der Waals surface area (Å²) >= 11 is 1.47. The Morgan fingerprint density at radius 1 is 0.879 bits per heavy atom. The van der Waals surface area contributed by atoms with Gasteiger partial charge in [-0.1, -0.05) is 34.1 Å². The zero-order chi connectivity index (χ0) is 25.7. The lowest BCUT2D eigenvalue weighted by atomic mass is 9.98. The fourth-order valence-electron chi connectivity index (χ4n) is 2.91. The van der Waals surface area contributed by atoms with E-state index in [0.29, 0.717) is 12.2 Å². The maximum absolute atomic E-state index is 12.9. The normalized spacial score (nSPS) is 15.6. The van der Waals surface area contributed by atoms with E-state index in [-0.39, 0.29) is 31.1 Å². The highest BCUT2D eigenvalue weighted by Crippen LogP contribution is 2.11. The van der Waals surface area contributed by atoms with Gasteiger partial charge < -0.3 is 31.9 Å². The molecule has 0 aromatic heterocycles. The Bertz CT molecular complexity index is 690. The Balaban J connectivity index is 5.40. The molecule has 0 bridgehead atoms. The van der Waals surface area contributed by atoms with Gasteiger partial charge in [0, 0.05) is 6.42 Å². The maximum atomic E-state index is 12.9. The zero-order valence-electron chi connectivity index (χ0n) is 19.9. The molecule has 0 saturated heterocycles. The van der Waals surface area contributed by atoms with E-state index in [0.717, 1.165) is 0 Å². The summed E-state index contributed by atoms with van der Waals surface area (Å²) in [6.07, 6.45) is 2.28. The molecule has 0 rings (SSSR count). The molecule has 0 spiro atoms. The molecule has 190 valence electrons. The van der Waals surface area contributed by atoms with Gasteiger partial charge in [0.1, 0.15) is 18.1 Å². The average Bonchev–Trinajstić information content (AvgIpc) is 2.75. The molecule has 7 N–H and O–H groups in total. The van der Waals surface area contributed by atoms with Crippen LogP contribution in [0.25, 0.3) is 0 Å². The molecule has 0 aliphatic carbocycles. The SMILES string of the molecule is CCC(C)C(NC(=O)C(CCSC)NC(=O)C(NC(=O)C(N)CCC(=O)O)C(C)C)C(=O)O. The van der Waals surface area contributed by atoms with Gasteiger partial charge >= 0.3 is 11.9 Å². The van der Waals surface area contributed by atoms with E-state index >= 15 is 0 Å². The van der Waals surface area contributed by atoms with E-state index < -0.39 is 53.8 Å². The lowest BCUT2D eigenvalue weighted by Gasteiger charge is -2.27. The summed E-state index contributed by atoms with van der Waals surface area (Å²) in [5.74, 6) is -4.25. The maximum Gasteiger partial charge on any atom is 0.326 e. The minimum Gasteiger partial charge on any atom is -0.481 e. The van der Waals surface area contributed by atoms with Crippen LogP contribution >= 0.6 is 11.8 Å². The predicted molar refractivity (Wildman–Crippen MR) is 126 cm³/mol. The Morgan fingerprint density at radius 3 is 1.91 bits per heavy atom. The molecule has 0 aliphatic rings. The van der Waals surface area contributed by atoms with Crippen LogP contribution < -0.4 is 21.7 Å². The summed E-state index contributed by atoms with van der Waals surface area (Å²) in [7, 11) is 0. The third-order valence-corrected chi connectivity index (χ3v) is 5.92. The Morgan fingerprint density at radius 2 is 1.45 bits per heavy atom. The highest BCUT2D eigenvalue weighted by Gasteiger charge is 2.32. The van der Waals surface area contributed by atoms with E-state index in [1.54, 1.807) is 20.8 Å². The van der Waals surface area contributed by atoms with Gasteiger partial charge in [0.25, 0.3) is 0 Å². The van der Waals surface area contributed by atoms with Crippen LogP contribution in [-0.2, 0) is 24.0 Å². The van der Waals surface area contributed by atoms with Crippen molar-refractivity contribution < 1.29 is 34.2 Å². The summed E-state index contributed by atoms with van der Waals surface area (Å²) < 4.78 is 0. The van der Waals surface area contributed by atoms with E-state index in [1.165, 1.54) is 11.8 Å². The second-order valence-corrected chi connectivity index (χ2v) is 9.31. The zero-order valence-corrected chi connectivity index (χ0v) is 20.7. The summed E-state index contributed by atoms with van der Waals surface area (Å²) in [5.41, 5.74) is 5.72. The lowest BCUT2D eigenvalue weighted by molar-refractivity contribution is -0.144. The molecule has 12 heteroatoms. The van der Waals surface area contributed by atoms with Gasteiger partial charge in [0.2, 0.25) is 17.7 Å². The van der Waals surface area contributed by atoms with Gasteiger partial charge in [-0.25, -0.2) is 4.79 Å². The fraction of sp³-hybridized carbons (Fsp3) is 0.762. The number of aliphatic carboxylic acids is 2. The molecule has 0 radical (unpaired) electrons. The number of hydrogen-bond donors (Lipinski definition) is 6. The van der Waals surface area contributed by atoms with Crippen molar-refractivity contribution in [3.63, 3.8) is 0 Å². The van der Waals surface area contributed by atoms with Gasteiger partial charge in [-0.2, -0.15) is 11.8 Å². The van der Waals surface area contributed by atoms with Gasteiger partial charge in [-0.3, -0.25) is 19.2 Å². The van der Waals surface area contributed by atoms with Crippen LogP contribution in [0.15, 0.2) is 0 Å². The van der Waals surface area contributed by atoms with Crippen LogP contribution in [0.2, 0.25) is 0 Å². The highest BCUT2D eigenvalue weighted by atomic mass is 32.2. The molecular formula is C21H38N4O7S. The molecular weight excluding hydrogens is 452 g/mol. The summed E-state index contributed by atoms with van der Waals surface area (Å²) in [6.45, 7) is 6.94. The molecule has 0 aliphatic heterocycles. The number of thioether (sulfide) groups is 1. The van der Waals surface area contributed by atoms with E-state index in [1.807, 2.05) is 13.2 Å². The number of carbonyl (C=O) groups is 5. The Labute approximate surface area is 199 Å². The second kappa shape index (κ2) is 15.5. The molecule has 0 aromatic carbocycles. The first-order valence-electron chi connectivity index (χ1n) is 11.0. The van der Waals surface area contributed by atoms with Crippen molar-refractivity contribution in [2.75, 3.05) is 12.0 Å². The van der Waals surface area contributed by atoms with Gasteiger partial charge in [0.05, 0.1) is 6.04 Å². The molecule has 0 aromatic rings. The van der Waals surface area contributed by atoms with Gasteiger partial charge in [-0.15, -0.1) is 0 Å². The molecule has 11 nitrogen and oxygen atoms in total. The number of carbonyl (C=O) groups excluding carboxylic acids is 3. The first-order chi connectivity index (χ1) is 15.3. The number of carboxylic acid groups (broad SMARTS) is 2. The minimum absolute atomic E-state index is 0.0848. The van der Waals surface area contributed by atoms with Crippen molar-refractivity contribution in [3.8, 4) is 0 Å². The number of nitrogens with two attached hydrogens (primary N) is 1. The molecule has 0 heterocycles. The van der Waals surface area contributed by atoms with Crippen LogP contribution in [0.1, 0.15) is 53.4 Å². The first-order valence-corrected chi connectivity index (χ1v) is 12.3. The van der Waals surface area contributed by atoms with Crippen LogP contribution in [0, 0.1) is 11.8 Å². The second-order valence-electron chi connectivity index (χ2n) is 8.32. The first kappa shape index (κ1) is 30.7. The van der Waals surface area contributed by atoms with Crippen molar-refractivity contribution in [3.05, 3.63) is 0 Å². The van der Waals surface area contributed by atoms with Crippen molar-refractivity contribution in [2.24, 2.45) is 17.6 Å². The van der Waals surface area contributed by atoms with Crippen LogP contribution in [0.5, 0.6) is 0 Å². The number of nitrogens with one attached hydrogen (secondary N) is 3. The monoisotopic (exact) mass is 490 g/mol. The molecule has 33 heavy (non-hydrogen) atoms. The lowest BCUT2D eigenvalue weighted by Crippen LogP contribution is -2.59. The number of amides is 3. The molecule has 5 atom stereocenters. The molecule has 5 unspecified atom stereocenters. The van der Waals surface area contributed by atoms with Crippen LogP contribution in [0.3, 0.4) is 0 Å². The van der Waals surface area contributed by atoms with Crippen LogP contribution in [0.4, 0.5) is 0 Å². The minimum atomic E-state index is -1.16. The van der Waals surface area contributed by atoms with Crippen molar-refractivity contribution in [1.29, 1.82) is 0 Å². The Hall–Kier alpha value is -2.34. The molecule has 3 amide bonds. The van der Waals surface area contributed by atoms with E-state index in [9.17, 15) is 29.1 Å². The smallest absolute Gasteiger partial charge is 0.326 e. The van der Waals surface area contributed by atoms with Crippen molar-refractivity contribution >= 4 is 41.4 Å². The summed E-state index contributed by atoms with van der Waals surface area (Å²) in [6, 6.07) is -4.20. The number of hydrogen-bond acceptors (Lipinski definition) is 7. The van der Waals surface area contributed by atoms with Gasteiger partial charge in [0.15, 0.2) is 0 Å². The topological polar surface area (TPSA) is 188 Å². The molecule has 0 saturated carbocycles. The number of rotatable bonds is 16. The summed E-state index contributed by atoms with van der Waals surface area (Å²) in [5, 5.41) is 25.9. The third-order valence-electron chi connectivity index (χ3n) is 5.27. The highest BCUT2D eigenvalue weighted by molar-refractivity contribution is 7.98. The van der Waals surface area contributed by atoms with Crippen molar-refractivity contribution in [2.45, 2.75) is 77.5 Å². The van der Waals surface area contributed by atoms with Gasteiger partial charge in [-0.05, 0) is 36.7 Å². The fourth-order valence-corrected chi connectivity index (χ4v) is 3.38. The summed E-state index contributed by atoms with van der Waals surface area (Å²) in [4.78, 5) is 60.4. The average molecular weight is 491 g/mol. The van der Waals surface area contributed by atoms with Crippen molar-refractivity contribution in [1.82, 2.24) is 16.0 Å². The van der Waals surface area contributed by atoms with Crippen LogP contribution in [-0.4, -0.2) is 76.0 Å². The van der Waals surface area contributed by atoms with E-state index in [4.69, 9.17) is 10.8 Å².